The summed E-state index contributed by atoms with van der Waals surface area (Å²) in [5.74, 6) is 1.43. The molecule has 0 aliphatic carbocycles. The molecule has 0 spiro atoms. The van der Waals surface area contributed by atoms with Gasteiger partial charge in [-0.05, 0) is 32.4 Å². The quantitative estimate of drug-likeness (QED) is 0.645. The topological polar surface area (TPSA) is 60.5 Å². The first kappa shape index (κ1) is 21.3. The van der Waals surface area contributed by atoms with Gasteiger partial charge in [0.05, 0.1) is 21.3 Å². The highest BCUT2D eigenvalue weighted by atomic mass is 16.5. The first-order chi connectivity index (χ1) is 13.0. The SMILES string of the molecule is COCCCN1C(C)CN(C(=O)c2cc(OC)c(OC)c(OC)c2)CC1C. The molecule has 0 radical (unpaired) electrons. The average molecular weight is 380 g/mol. The fourth-order valence-corrected chi connectivity index (χ4v) is 3.74. The summed E-state index contributed by atoms with van der Waals surface area (Å²) >= 11 is 0. The molecule has 7 nitrogen and oxygen atoms in total. The Morgan fingerprint density at radius 2 is 1.56 bits per heavy atom. The molecule has 0 aromatic heterocycles. The average Bonchev–Trinajstić information content (AvgIpc) is 2.68. The number of nitrogens with zero attached hydrogens (tertiary/aromatic N) is 2. The van der Waals surface area contributed by atoms with Crippen molar-refractivity contribution in [2.45, 2.75) is 32.4 Å². The highest BCUT2D eigenvalue weighted by Gasteiger charge is 2.32. The van der Waals surface area contributed by atoms with Gasteiger partial charge in [0.1, 0.15) is 0 Å². The summed E-state index contributed by atoms with van der Waals surface area (Å²) in [6.07, 6.45) is 0.992. The summed E-state index contributed by atoms with van der Waals surface area (Å²) in [5, 5.41) is 0. The zero-order chi connectivity index (χ0) is 20.0. The lowest BCUT2D eigenvalue weighted by Gasteiger charge is -2.44. The zero-order valence-corrected chi connectivity index (χ0v) is 17.3. The number of hydrogen-bond acceptors (Lipinski definition) is 6. The second kappa shape index (κ2) is 9.80. The summed E-state index contributed by atoms with van der Waals surface area (Å²) in [6.45, 7) is 7.43. The third kappa shape index (κ3) is 4.84. The number of ether oxygens (including phenoxy) is 4. The minimum Gasteiger partial charge on any atom is -0.493 e. The van der Waals surface area contributed by atoms with Crippen molar-refractivity contribution in [3.8, 4) is 17.2 Å². The first-order valence-corrected chi connectivity index (χ1v) is 9.30. The van der Waals surface area contributed by atoms with E-state index in [0.717, 1.165) is 19.6 Å². The molecule has 2 unspecified atom stereocenters. The predicted octanol–water partition coefficient (Wildman–Crippen LogP) is 2.28. The summed E-state index contributed by atoms with van der Waals surface area (Å²) in [7, 11) is 6.37. The van der Waals surface area contributed by atoms with E-state index in [1.165, 1.54) is 0 Å². The molecular weight excluding hydrogens is 348 g/mol. The van der Waals surface area contributed by atoms with Crippen molar-refractivity contribution in [3.05, 3.63) is 17.7 Å². The zero-order valence-electron chi connectivity index (χ0n) is 17.3. The van der Waals surface area contributed by atoms with Crippen LogP contribution in [0.2, 0.25) is 0 Å². The number of rotatable bonds is 8. The van der Waals surface area contributed by atoms with Gasteiger partial charge >= 0.3 is 0 Å². The maximum absolute atomic E-state index is 13.1. The summed E-state index contributed by atoms with van der Waals surface area (Å²) in [4.78, 5) is 17.5. The summed E-state index contributed by atoms with van der Waals surface area (Å²) < 4.78 is 21.3. The van der Waals surface area contributed by atoms with Crippen LogP contribution in [0.25, 0.3) is 0 Å². The Morgan fingerprint density at radius 3 is 2.00 bits per heavy atom. The Balaban J connectivity index is 2.16. The largest absolute Gasteiger partial charge is 0.493 e. The fourth-order valence-electron chi connectivity index (χ4n) is 3.74. The highest BCUT2D eigenvalue weighted by Crippen LogP contribution is 2.38. The normalized spacial score (nSPS) is 20.4. The molecule has 0 N–H and O–H groups in total. The molecular formula is C20H32N2O5. The molecule has 0 bridgehead atoms. The lowest BCUT2D eigenvalue weighted by atomic mass is 10.1. The van der Waals surface area contributed by atoms with E-state index in [1.807, 2.05) is 4.90 Å². The molecule has 1 saturated heterocycles. The molecule has 152 valence electrons. The van der Waals surface area contributed by atoms with E-state index in [4.69, 9.17) is 18.9 Å². The molecule has 1 heterocycles. The van der Waals surface area contributed by atoms with Crippen molar-refractivity contribution in [3.63, 3.8) is 0 Å². The first-order valence-electron chi connectivity index (χ1n) is 9.30. The number of methoxy groups -OCH3 is 4. The smallest absolute Gasteiger partial charge is 0.254 e. The Labute approximate surface area is 162 Å². The number of hydrogen-bond donors (Lipinski definition) is 0. The van der Waals surface area contributed by atoms with E-state index < -0.39 is 0 Å². The molecule has 2 atom stereocenters. The monoisotopic (exact) mass is 380 g/mol. The van der Waals surface area contributed by atoms with Crippen LogP contribution in [0, 0.1) is 0 Å². The number of amides is 1. The number of piperazine rings is 1. The molecule has 1 aliphatic rings. The Bertz CT molecular complexity index is 600. The van der Waals surface area contributed by atoms with Crippen molar-refractivity contribution in [2.24, 2.45) is 0 Å². The van der Waals surface area contributed by atoms with Crippen LogP contribution in [-0.4, -0.2) is 82.5 Å². The second-order valence-electron chi connectivity index (χ2n) is 6.91. The third-order valence-electron chi connectivity index (χ3n) is 5.07. The van der Waals surface area contributed by atoms with Crippen LogP contribution in [0.15, 0.2) is 12.1 Å². The van der Waals surface area contributed by atoms with Gasteiger partial charge in [-0.15, -0.1) is 0 Å². The lowest BCUT2D eigenvalue weighted by molar-refractivity contribution is 0.0270. The van der Waals surface area contributed by atoms with E-state index in [-0.39, 0.29) is 18.0 Å². The van der Waals surface area contributed by atoms with Crippen LogP contribution < -0.4 is 14.2 Å². The van der Waals surface area contributed by atoms with Gasteiger partial charge in [-0.1, -0.05) is 0 Å². The van der Waals surface area contributed by atoms with Crippen LogP contribution in [0.5, 0.6) is 17.2 Å². The van der Waals surface area contributed by atoms with Gasteiger partial charge in [-0.2, -0.15) is 0 Å². The Kier molecular flexibility index (Phi) is 7.74. The number of benzene rings is 1. The molecule has 0 saturated carbocycles. The van der Waals surface area contributed by atoms with Crippen molar-refractivity contribution in [2.75, 3.05) is 54.7 Å². The van der Waals surface area contributed by atoms with E-state index in [2.05, 4.69) is 18.7 Å². The van der Waals surface area contributed by atoms with Gasteiger partial charge in [-0.25, -0.2) is 0 Å². The van der Waals surface area contributed by atoms with Gasteiger partial charge < -0.3 is 23.8 Å². The molecule has 1 aliphatic heterocycles. The van der Waals surface area contributed by atoms with Gasteiger partial charge in [0, 0.05) is 51.0 Å². The van der Waals surface area contributed by atoms with E-state index in [1.54, 1.807) is 40.6 Å². The number of carbonyl (C=O) groups is 1. The molecule has 1 fully saturated rings. The Hall–Kier alpha value is -1.99. The van der Waals surface area contributed by atoms with Gasteiger partial charge in [0.25, 0.3) is 5.91 Å². The minimum absolute atomic E-state index is 0.0236. The van der Waals surface area contributed by atoms with Gasteiger partial charge in [-0.3, -0.25) is 9.69 Å². The second-order valence-corrected chi connectivity index (χ2v) is 6.91. The van der Waals surface area contributed by atoms with E-state index >= 15 is 0 Å². The van der Waals surface area contributed by atoms with Gasteiger partial charge in [0.15, 0.2) is 11.5 Å². The Morgan fingerprint density at radius 1 is 1.00 bits per heavy atom. The van der Waals surface area contributed by atoms with Crippen LogP contribution >= 0.6 is 0 Å². The standard InChI is InChI=1S/C20H32N2O5/c1-14-12-21(13-15(2)22(14)8-7-9-24-3)20(23)16-10-17(25-4)19(27-6)18(11-16)26-5/h10-11,14-15H,7-9,12-13H2,1-6H3. The maximum atomic E-state index is 13.1. The van der Waals surface area contributed by atoms with Crippen molar-refractivity contribution >= 4 is 5.91 Å². The third-order valence-corrected chi connectivity index (χ3v) is 5.07. The minimum atomic E-state index is -0.0236. The predicted molar refractivity (Wildman–Crippen MR) is 104 cm³/mol. The molecule has 1 amide bonds. The molecule has 1 aromatic carbocycles. The van der Waals surface area contributed by atoms with Crippen molar-refractivity contribution in [1.82, 2.24) is 9.80 Å². The van der Waals surface area contributed by atoms with Crippen LogP contribution in [0.3, 0.4) is 0 Å². The van der Waals surface area contributed by atoms with E-state index in [9.17, 15) is 4.79 Å². The maximum Gasteiger partial charge on any atom is 0.254 e. The lowest BCUT2D eigenvalue weighted by Crippen LogP contribution is -2.58. The van der Waals surface area contributed by atoms with Crippen LogP contribution in [0.1, 0.15) is 30.6 Å². The summed E-state index contributed by atoms with van der Waals surface area (Å²) in [6, 6.07) is 4.00. The van der Waals surface area contributed by atoms with Crippen LogP contribution in [0.4, 0.5) is 0 Å². The van der Waals surface area contributed by atoms with Crippen LogP contribution in [-0.2, 0) is 4.74 Å². The van der Waals surface area contributed by atoms with Crippen molar-refractivity contribution < 1.29 is 23.7 Å². The number of carbonyl (C=O) groups excluding carboxylic acids is 1. The highest BCUT2D eigenvalue weighted by molar-refractivity contribution is 5.95. The van der Waals surface area contributed by atoms with E-state index in [0.29, 0.717) is 35.9 Å². The van der Waals surface area contributed by atoms with Gasteiger partial charge in [0.2, 0.25) is 5.75 Å². The van der Waals surface area contributed by atoms with Crippen molar-refractivity contribution in [1.29, 1.82) is 0 Å². The molecule has 7 heteroatoms. The fraction of sp³-hybridized carbons (Fsp3) is 0.650. The molecule has 27 heavy (non-hydrogen) atoms. The summed E-state index contributed by atoms with van der Waals surface area (Å²) in [5.41, 5.74) is 0.539. The molecule has 1 aromatic rings. The molecule has 2 rings (SSSR count).